The molecule has 0 aliphatic carbocycles. The minimum atomic E-state index is -0.726. The fourth-order valence-corrected chi connectivity index (χ4v) is 3.71. The number of carboxylic acids is 1. The summed E-state index contributed by atoms with van der Waals surface area (Å²) in [5.41, 5.74) is 5.76. The highest BCUT2D eigenvalue weighted by atomic mass is 79.9. The van der Waals surface area contributed by atoms with Crippen LogP contribution in [0.1, 0.15) is 12.8 Å². The quantitative estimate of drug-likeness (QED) is 0.739. The molecule has 0 bridgehead atoms. The van der Waals surface area contributed by atoms with Gasteiger partial charge in [-0.05, 0) is 6.42 Å². The van der Waals surface area contributed by atoms with Crippen molar-refractivity contribution in [3.05, 3.63) is 0 Å². The number of hydrogen-bond donors (Lipinski definition) is 2. The molecule has 5 heteroatoms. The van der Waals surface area contributed by atoms with Crippen molar-refractivity contribution in [3.63, 3.8) is 0 Å². The van der Waals surface area contributed by atoms with E-state index < -0.39 is 5.97 Å². The summed E-state index contributed by atoms with van der Waals surface area (Å²) in [6.45, 7) is 0. The molecular weight excluding hydrogens is 242 g/mol. The summed E-state index contributed by atoms with van der Waals surface area (Å²) < 4.78 is 0. The van der Waals surface area contributed by atoms with Crippen LogP contribution < -0.4 is 5.73 Å². The van der Waals surface area contributed by atoms with Gasteiger partial charge in [0.25, 0.3) is 0 Å². The molecule has 12 heavy (non-hydrogen) atoms. The first-order chi connectivity index (χ1) is 5.61. The number of halogens is 1. The maximum absolute atomic E-state index is 10.3. The van der Waals surface area contributed by atoms with Crippen LogP contribution in [0.2, 0.25) is 0 Å². The third-order valence-corrected chi connectivity index (χ3v) is 5.11. The van der Waals surface area contributed by atoms with Crippen molar-refractivity contribution >= 4 is 33.7 Å². The monoisotopic (exact) mass is 253 g/mol. The standard InChI is InChI=1S/C7H12BrNO2S/c8-7-4(9)3-12-5(7)1-2-6(10)11/h4-5,7H,1-3,9H2,(H,10,11)/t4-,5-,7+/m0/s1. The smallest absolute Gasteiger partial charge is 0.303 e. The average Bonchev–Trinajstić information content (AvgIpc) is 2.30. The van der Waals surface area contributed by atoms with Crippen LogP contribution in [-0.4, -0.2) is 32.9 Å². The fraction of sp³-hybridized carbons (Fsp3) is 0.857. The summed E-state index contributed by atoms with van der Waals surface area (Å²) in [6, 6.07) is 0.175. The zero-order chi connectivity index (χ0) is 9.14. The Morgan fingerprint density at radius 2 is 2.42 bits per heavy atom. The molecule has 1 aliphatic heterocycles. The van der Waals surface area contributed by atoms with E-state index >= 15 is 0 Å². The molecule has 1 saturated heterocycles. The van der Waals surface area contributed by atoms with Crippen LogP contribution in [0.5, 0.6) is 0 Å². The third kappa shape index (κ3) is 2.64. The van der Waals surface area contributed by atoms with E-state index in [4.69, 9.17) is 10.8 Å². The molecule has 1 heterocycles. The topological polar surface area (TPSA) is 63.3 Å². The number of thioether (sulfide) groups is 1. The molecule has 3 atom stereocenters. The highest BCUT2D eigenvalue weighted by Crippen LogP contribution is 2.34. The van der Waals surface area contributed by atoms with Gasteiger partial charge in [-0.15, -0.1) is 0 Å². The van der Waals surface area contributed by atoms with Crippen LogP contribution in [0.3, 0.4) is 0 Å². The number of aliphatic carboxylic acids is 1. The van der Waals surface area contributed by atoms with Crippen LogP contribution in [0.4, 0.5) is 0 Å². The van der Waals surface area contributed by atoms with E-state index in [0.29, 0.717) is 11.7 Å². The Labute approximate surface area is 84.2 Å². The van der Waals surface area contributed by atoms with E-state index in [0.717, 1.165) is 5.75 Å². The molecule has 0 unspecified atom stereocenters. The lowest BCUT2D eigenvalue weighted by Gasteiger charge is -2.13. The van der Waals surface area contributed by atoms with E-state index in [1.54, 1.807) is 11.8 Å². The predicted molar refractivity (Wildman–Crippen MR) is 53.8 cm³/mol. The summed E-state index contributed by atoms with van der Waals surface area (Å²) >= 11 is 5.25. The Kier molecular flexibility index (Phi) is 3.86. The summed E-state index contributed by atoms with van der Waals surface area (Å²) in [5.74, 6) is 0.205. The van der Waals surface area contributed by atoms with Crippen LogP contribution in [0, 0.1) is 0 Å². The number of alkyl halides is 1. The van der Waals surface area contributed by atoms with Gasteiger partial charge in [0.15, 0.2) is 0 Å². The van der Waals surface area contributed by atoms with Gasteiger partial charge in [0, 0.05) is 28.3 Å². The lowest BCUT2D eigenvalue weighted by atomic mass is 10.1. The molecule has 1 aliphatic rings. The molecule has 3 nitrogen and oxygen atoms in total. The summed E-state index contributed by atoms with van der Waals surface area (Å²) in [5, 5.41) is 8.84. The maximum Gasteiger partial charge on any atom is 0.303 e. The van der Waals surface area contributed by atoms with Gasteiger partial charge in [-0.2, -0.15) is 11.8 Å². The molecule has 0 spiro atoms. The van der Waals surface area contributed by atoms with E-state index in [1.807, 2.05) is 0 Å². The molecule has 0 aromatic heterocycles. The van der Waals surface area contributed by atoms with E-state index in [1.165, 1.54) is 0 Å². The summed E-state index contributed by atoms with van der Waals surface area (Å²) in [6.07, 6.45) is 0.954. The zero-order valence-corrected chi connectivity index (χ0v) is 8.97. The highest BCUT2D eigenvalue weighted by molar-refractivity contribution is 9.09. The molecule has 0 amide bonds. The van der Waals surface area contributed by atoms with Gasteiger partial charge in [-0.1, -0.05) is 15.9 Å². The highest BCUT2D eigenvalue weighted by Gasteiger charge is 2.32. The molecular formula is C7H12BrNO2S. The van der Waals surface area contributed by atoms with Crippen LogP contribution in [-0.2, 0) is 4.79 Å². The number of carbonyl (C=O) groups is 1. The first-order valence-corrected chi connectivity index (χ1v) is 5.80. The normalized spacial score (nSPS) is 35.3. The third-order valence-electron chi connectivity index (χ3n) is 1.91. The van der Waals surface area contributed by atoms with Crippen molar-refractivity contribution in [2.24, 2.45) is 5.73 Å². The van der Waals surface area contributed by atoms with Crippen molar-refractivity contribution in [2.75, 3.05) is 5.75 Å². The number of carboxylic acid groups (broad SMARTS) is 1. The van der Waals surface area contributed by atoms with E-state index in [2.05, 4.69) is 15.9 Å². The molecule has 70 valence electrons. The number of nitrogens with two attached hydrogens (primary N) is 1. The van der Waals surface area contributed by atoms with Gasteiger partial charge in [0.1, 0.15) is 0 Å². The molecule has 0 aromatic carbocycles. The second kappa shape index (κ2) is 4.48. The first-order valence-electron chi connectivity index (χ1n) is 3.84. The van der Waals surface area contributed by atoms with Crippen molar-refractivity contribution in [2.45, 2.75) is 29.0 Å². The van der Waals surface area contributed by atoms with Crippen molar-refractivity contribution in [1.82, 2.24) is 0 Å². The first kappa shape index (κ1) is 10.3. The van der Waals surface area contributed by atoms with Crippen LogP contribution in [0.15, 0.2) is 0 Å². The second-order valence-electron chi connectivity index (χ2n) is 2.91. The molecule has 1 fully saturated rings. The lowest BCUT2D eigenvalue weighted by molar-refractivity contribution is -0.137. The Bertz CT molecular complexity index is 179. The zero-order valence-electron chi connectivity index (χ0n) is 6.57. The predicted octanol–water partition coefficient (Wildman–Crippen LogP) is 1.06. The molecule has 0 saturated carbocycles. The summed E-state index contributed by atoms with van der Waals surface area (Å²) in [7, 11) is 0. The van der Waals surface area contributed by atoms with Gasteiger partial charge in [-0.3, -0.25) is 4.79 Å². The van der Waals surface area contributed by atoms with Gasteiger partial charge in [-0.25, -0.2) is 0 Å². The average molecular weight is 254 g/mol. The van der Waals surface area contributed by atoms with Gasteiger partial charge in [0.2, 0.25) is 0 Å². The van der Waals surface area contributed by atoms with E-state index in [9.17, 15) is 4.79 Å². The van der Waals surface area contributed by atoms with Crippen LogP contribution >= 0.6 is 27.7 Å². The Balaban J connectivity index is 2.29. The van der Waals surface area contributed by atoms with Gasteiger partial charge in [0.05, 0.1) is 0 Å². The maximum atomic E-state index is 10.3. The SMILES string of the molecule is N[C@H]1CS[C@@H](CCC(=O)O)[C@@H]1Br. The molecule has 3 N–H and O–H groups in total. The van der Waals surface area contributed by atoms with Gasteiger partial charge >= 0.3 is 5.97 Å². The van der Waals surface area contributed by atoms with Crippen molar-refractivity contribution in [1.29, 1.82) is 0 Å². The van der Waals surface area contributed by atoms with Crippen molar-refractivity contribution < 1.29 is 9.90 Å². The second-order valence-corrected chi connectivity index (χ2v) is 5.24. The molecule has 0 radical (unpaired) electrons. The summed E-state index contributed by atoms with van der Waals surface area (Å²) in [4.78, 5) is 10.6. The Morgan fingerprint density at radius 3 is 2.83 bits per heavy atom. The van der Waals surface area contributed by atoms with Gasteiger partial charge < -0.3 is 10.8 Å². The Hall–Kier alpha value is 0.260. The largest absolute Gasteiger partial charge is 0.481 e. The fourth-order valence-electron chi connectivity index (χ4n) is 1.20. The number of rotatable bonds is 3. The van der Waals surface area contributed by atoms with Crippen LogP contribution in [0.25, 0.3) is 0 Å². The van der Waals surface area contributed by atoms with E-state index in [-0.39, 0.29) is 17.3 Å². The minimum absolute atomic E-state index is 0.175. The Morgan fingerprint density at radius 1 is 1.75 bits per heavy atom. The molecule has 1 rings (SSSR count). The van der Waals surface area contributed by atoms with Crippen molar-refractivity contribution in [3.8, 4) is 0 Å². The minimum Gasteiger partial charge on any atom is -0.481 e. The lowest BCUT2D eigenvalue weighted by Crippen LogP contribution is -2.31. The number of hydrogen-bond acceptors (Lipinski definition) is 3. The molecule has 0 aromatic rings.